The molecule has 0 unspecified atom stereocenters. The molecular formula is C41H55ClN2O9. The summed E-state index contributed by atoms with van der Waals surface area (Å²) in [5.74, 6) is -2.41. The van der Waals surface area contributed by atoms with Gasteiger partial charge in [0.1, 0.15) is 12.7 Å². The molecule has 2 heterocycles. The highest BCUT2D eigenvalue weighted by atomic mass is 35.5. The van der Waals surface area contributed by atoms with Crippen molar-refractivity contribution in [2.45, 2.75) is 120 Å². The maximum Gasteiger partial charge on any atom is 0.311 e. The standard InChI is InChI=1S/C41H55ClN2O9/c1-38(2,3)34(45)49-22-28-30(51-35(46)39(4,5)6)31(52-36(47)40(7,8)9)32(53-37(48)41(10,11)12)33(50-28)44-29(24-18-13-15-19-26(24)42)25-21-43-27-20-16-14-17-23(25)27/h13-21,28-33,43-44H,22H2,1-12H3/t28-,29-,30+,31+,32-,33-/m1/s1. The number of fused-ring (bicyclic) bond motifs is 1. The molecule has 0 spiro atoms. The number of H-pyrrole nitrogens is 1. The van der Waals surface area contributed by atoms with E-state index in [0.717, 1.165) is 16.5 Å². The van der Waals surface area contributed by atoms with Crippen LogP contribution in [0.5, 0.6) is 0 Å². The Balaban J connectivity index is 1.94. The highest BCUT2D eigenvalue weighted by molar-refractivity contribution is 6.31. The molecule has 1 aliphatic rings. The van der Waals surface area contributed by atoms with Crippen molar-refractivity contribution in [3.63, 3.8) is 0 Å². The van der Waals surface area contributed by atoms with Crippen LogP contribution in [0.4, 0.5) is 0 Å². The number of aromatic nitrogens is 1. The van der Waals surface area contributed by atoms with Crippen molar-refractivity contribution >= 4 is 46.4 Å². The first-order valence-corrected chi connectivity index (χ1v) is 18.3. The van der Waals surface area contributed by atoms with Crippen molar-refractivity contribution in [2.24, 2.45) is 21.7 Å². The molecule has 1 aromatic heterocycles. The second kappa shape index (κ2) is 15.8. The monoisotopic (exact) mass is 754 g/mol. The van der Waals surface area contributed by atoms with E-state index >= 15 is 0 Å². The second-order valence-corrected chi connectivity index (χ2v) is 18.1. The molecule has 3 aromatic rings. The molecular weight excluding hydrogens is 700 g/mol. The van der Waals surface area contributed by atoms with Crippen LogP contribution >= 0.6 is 11.6 Å². The molecule has 53 heavy (non-hydrogen) atoms. The smallest absolute Gasteiger partial charge is 0.311 e. The molecule has 290 valence electrons. The van der Waals surface area contributed by atoms with Crippen LogP contribution in [-0.4, -0.2) is 66.1 Å². The number of ether oxygens (including phenoxy) is 5. The van der Waals surface area contributed by atoms with E-state index in [0.29, 0.717) is 10.6 Å². The number of hydrogen-bond acceptors (Lipinski definition) is 10. The van der Waals surface area contributed by atoms with Gasteiger partial charge in [-0.05, 0) is 106 Å². The first-order valence-electron chi connectivity index (χ1n) is 17.9. The van der Waals surface area contributed by atoms with Crippen molar-refractivity contribution < 1.29 is 42.9 Å². The molecule has 12 heteroatoms. The van der Waals surface area contributed by atoms with Gasteiger partial charge in [-0.15, -0.1) is 0 Å². The number of rotatable bonds is 9. The fourth-order valence-electron chi connectivity index (χ4n) is 5.42. The van der Waals surface area contributed by atoms with Gasteiger partial charge in [0.15, 0.2) is 24.5 Å². The van der Waals surface area contributed by atoms with Gasteiger partial charge in [0, 0.05) is 22.1 Å². The zero-order valence-electron chi connectivity index (χ0n) is 32.9. The lowest BCUT2D eigenvalue weighted by Crippen LogP contribution is -2.67. The molecule has 4 rings (SSSR count). The Morgan fingerprint density at radius 2 is 1.17 bits per heavy atom. The van der Waals surface area contributed by atoms with E-state index in [-0.39, 0.29) is 6.61 Å². The van der Waals surface area contributed by atoms with E-state index in [1.54, 1.807) is 89.2 Å². The van der Waals surface area contributed by atoms with Crippen LogP contribution < -0.4 is 5.32 Å². The van der Waals surface area contributed by atoms with Crippen molar-refractivity contribution in [3.8, 4) is 0 Å². The van der Waals surface area contributed by atoms with E-state index in [1.165, 1.54) is 0 Å². The Kier molecular flexibility index (Phi) is 12.5. The number of nitrogens with one attached hydrogen (secondary N) is 2. The van der Waals surface area contributed by atoms with Gasteiger partial charge in [-0.25, -0.2) is 0 Å². The summed E-state index contributed by atoms with van der Waals surface area (Å²) < 4.78 is 31.1. The number of para-hydroxylation sites is 1. The summed E-state index contributed by atoms with van der Waals surface area (Å²) in [5.41, 5.74) is -1.48. The van der Waals surface area contributed by atoms with Crippen LogP contribution in [0.2, 0.25) is 5.02 Å². The molecule has 1 aliphatic heterocycles. The van der Waals surface area contributed by atoms with Crippen LogP contribution in [0, 0.1) is 21.7 Å². The molecule has 0 radical (unpaired) electrons. The second-order valence-electron chi connectivity index (χ2n) is 17.7. The molecule has 0 amide bonds. The molecule has 0 aliphatic carbocycles. The van der Waals surface area contributed by atoms with Gasteiger partial charge in [-0.2, -0.15) is 0 Å². The summed E-state index contributed by atoms with van der Waals surface area (Å²) in [6.45, 7) is 20.0. The summed E-state index contributed by atoms with van der Waals surface area (Å²) in [6, 6.07) is 14.4. The number of hydrogen-bond donors (Lipinski definition) is 2. The number of esters is 4. The predicted molar refractivity (Wildman–Crippen MR) is 202 cm³/mol. The lowest BCUT2D eigenvalue weighted by atomic mass is 9.91. The van der Waals surface area contributed by atoms with Gasteiger partial charge < -0.3 is 28.7 Å². The average molecular weight is 755 g/mol. The van der Waals surface area contributed by atoms with Gasteiger partial charge >= 0.3 is 23.9 Å². The van der Waals surface area contributed by atoms with E-state index in [9.17, 15) is 19.2 Å². The first-order chi connectivity index (χ1) is 24.4. The first kappa shape index (κ1) is 41.8. The molecule has 0 bridgehead atoms. The number of benzene rings is 2. The number of halogens is 1. The summed E-state index contributed by atoms with van der Waals surface area (Å²) in [4.78, 5) is 57.5. The fourth-order valence-corrected chi connectivity index (χ4v) is 5.66. The number of aromatic amines is 1. The molecule has 2 aromatic carbocycles. The van der Waals surface area contributed by atoms with Crippen molar-refractivity contribution in [1.82, 2.24) is 10.3 Å². The Hall–Kier alpha value is -3.93. The van der Waals surface area contributed by atoms with E-state index in [2.05, 4.69) is 10.3 Å². The predicted octanol–water partition coefficient (Wildman–Crippen LogP) is 7.69. The van der Waals surface area contributed by atoms with Gasteiger partial charge in [0.05, 0.1) is 27.7 Å². The lowest BCUT2D eigenvalue weighted by molar-refractivity contribution is -0.265. The highest BCUT2D eigenvalue weighted by Gasteiger charge is 2.55. The minimum Gasteiger partial charge on any atom is -0.462 e. The normalized spacial score (nSPS) is 21.8. The molecule has 6 atom stereocenters. The summed E-state index contributed by atoms with van der Waals surface area (Å²) in [6.07, 6.45) is -4.67. The van der Waals surface area contributed by atoms with Crippen LogP contribution in [0.15, 0.2) is 54.7 Å². The molecule has 0 saturated carbocycles. The quantitative estimate of drug-likeness (QED) is 0.165. The Morgan fingerprint density at radius 1 is 0.679 bits per heavy atom. The van der Waals surface area contributed by atoms with Crippen LogP contribution in [0.25, 0.3) is 10.9 Å². The summed E-state index contributed by atoms with van der Waals surface area (Å²) in [7, 11) is 0. The van der Waals surface area contributed by atoms with E-state index in [4.69, 9.17) is 35.3 Å². The van der Waals surface area contributed by atoms with Crippen molar-refractivity contribution in [3.05, 3.63) is 70.9 Å². The third-order valence-corrected chi connectivity index (χ3v) is 9.01. The van der Waals surface area contributed by atoms with Gasteiger partial charge in [-0.1, -0.05) is 48.0 Å². The minimum atomic E-state index is -1.40. The maximum absolute atomic E-state index is 13.8. The largest absolute Gasteiger partial charge is 0.462 e. The average Bonchev–Trinajstić information content (AvgIpc) is 3.47. The molecule has 1 fully saturated rings. The maximum atomic E-state index is 13.8. The topological polar surface area (TPSA) is 142 Å². The number of carbonyl (C=O) groups is 4. The molecule has 11 nitrogen and oxygen atoms in total. The van der Waals surface area contributed by atoms with Gasteiger partial charge in [-0.3, -0.25) is 24.5 Å². The summed E-state index contributed by atoms with van der Waals surface area (Å²) in [5, 5.41) is 4.88. The Bertz CT molecular complexity index is 1790. The van der Waals surface area contributed by atoms with E-state index in [1.807, 2.05) is 48.7 Å². The Labute approximate surface area is 317 Å². The van der Waals surface area contributed by atoms with Crippen LogP contribution in [0.1, 0.15) is 100 Å². The van der Waals surface area contributed by atoms with Crippen molar-refractivity contribution in [1.29, 1.82) is 0 Å². The van der Waals surface area contributed by atoms with Gasteiger partial charge in [0.25, 0.3) is 0 Å². The zero-order valence-corrected chi connectivity index (χ0v) is 33.7. The third kappa shape index (κ3) is 10.2. The Morgan fingerprint density at radius 3 is 1.72 bits per heavy atom. The lowest BCUT2D eigenvalue weighted by Gasteiger charge is -2.47. The molecule has 1 saturated heterocycles. The number of carbonyl (C=O) groups excluding carboxylic acids is 4. The van der Waals surface area contributed by atoms with Crippen LogP contribution in [0.3, 0.4) is 0 Å². The minimum absolute atomic E-state index is 0.371. The van der Waals surface area contributed by atoms with Gasteiger partial charge in [0.2, 0.25) is 0 Å². The summed E-state index contributed by atoms with van der Waals surface area (Å²) >= 11 is 6.85. The van der Waals surface area contributed by atoms with E-state index < -0.39 is 82.2 Å². The third-order valence-electron chi connectivity index (χ3n) is 8.67. The van der Waals surface area contributed by atoms with Crippen molar-refractivity contribution in [2.75, 3.05) is 6.61 Å². The fraction of sp³-hybridized carbons (Fsp3) is 0.561. The zero-order chi connectivity index (χ0) is 39.7. The van der Waals surface area contributed by atoms with Crippen LogP contribution in [-0.2, 0) is 42.9 Å². The highest BCUT2D eigenvalue weighted by Crippen LogP contribution is 2.38. The SMILES string of the molecule is CC(C)(C)C(=O)OC[C@H]1O[C@@H](N[C@H](c2ccccc2Cl)c2c[nH]c3ccccc23)[C@H](OC(=O)C(C)(C)C)[C@@H](OC(=O)C(C)(C)C)[C@H]1OC(=O)C(C)(C)C. The molecule has 2 N–H and O–H groups in total.